The Labute approximate surface area is 351 Å². The van der Waals surface area contributed by atoms with Crippen molar-refractivity contribution in [2.24, 2.45) is 0 Å². The minimum Gasteiger partial charge on any atom is -0.193 e. The fourth-order valence-corrected chi connectivity index (χ4v) is 5.12. The largest absolute Gasteiger partial charge is 0.210 e. The minimum atomic E-state index is 0.0339. The van der Waals surface area contributed by atoms with Crippen LogP contribution in [0.3, 0.4) is 0 Å². The highest BCUT2D eigenvalue weighted by Gasteiger charge is 1.99. The van der Waals surface area contributed by atoms with Gasteiger partial charge < -0.3 is 0 Å². The standard InChI is InChI=1S/C52H17N9/c1-7-13-37-30-42-18-24-51-57-45(11-5)55-49(60-51)22-16-40-28-35(8-2)26-38(32-40)14-20-47-53-44(10-4)54-48(59-47)21-15-39-27-36(9-3)29-41(33-39)17-23-50-56-46(12-6)58-52(61-50)25-19-43(31-37)34-42/h2-6,26-34H,1H3. The molecule has 61 heavy (non-hydrogen) atoms. The molecule has 0 aliphatic carbocycles. The summed E-state index contributed by atoms with van der Waals surface area (Å²) >= 11 is 0. The van der Waals surface area contributed by atoms with Crippen molar-refractivity contribution in [3.63, 3.8) is 0 Å². The van der Waals surface area contributed by atoms with Crippen molar-refractivity contribution < 1.29 is 0 Å². The van der Waals surface area contributed by atoms with E-state index in [1.807, 2.05) is 0 Å². The molecule has 0 spiro atoms. The fraction of sp³-hybridized carbons (Fsp3) is 0.0192. The summed E-state index contributed by atoms with van der Waals surface area (Å²) in [6, 6.07) is 51.4. The quantitative estimate of drug-likeness (QED) is 0.169. The number of hydrogen-bond donors (Lipinski definition) is 0. The first-order chi connectivity index (χ1) is 29.8. The third-order valence-electron chi connectivity index (χ3n) is 7.61. The van der Waals surface area contributed by atoms with E-state index in [-0.39, 0.29) is 51.4 Å². The van der Waals surface area contributed by atoms with Gasteiger partial charge in [-0.2, -0.15) is 44.9 Å². The van der Waals surface area contributed by atoms with Crippen LogP contribution in [0.2, 0.25) is 0 Å². The van der Waals surface area contributed by atoms with Crippen molar-refractivity contribution in [3.8, 4) is 73.6 Å². The topological polar surface area (TPSA) is 116 Å². The number of aromatic nitrogens is 9. The van der Waals surface area contributed by atoms with Gasteiger partial charge in [-0.1, -0.05) is 54.2 Å². The maximum Gasteiger partial charge on any atom is 0.210 e. The number of nitrogens with zero attached hydrogens (tertiary/aromatic N) is 9. The van der Waals surface area contributed by atoms with Gasteiger partial charge in [0.25, 0.3) is 0 Å². The number of hydrogen-bond acceptors (Lipinski definition) is 9. The number of benzene rings is 3. The molecule has 3 aromatic carbocycles. The highest BCUT2D eigenvalue weighted by Crippen LogP contribution is 2.11. The molecule has 0 aliphatic rings. The van der Waals surface area contributed by atoms with Crippen molar-refractivity contribution >= 4 is 66.2 Å². The second-order valence-electron chi connectivity index (χ2n) is 11.9. The molecular weight excluding hydrogens is 751 g/mol. The zero-order valence-electron chi connectivity index (χ0n) is 31.6. The maximum atomic E-state index is 5.78. The van der Waals surface area contributed by atoms with Gasteiger partial charge in [0, 0.05) is 49.0 Å². The zero-order chi connectivity index (χ0) is 42.6. The monoisotopic (exact) mass is 767 g/mol. The highest BCUT2D eigenvalue weighted by molar-refractivity contribution is 5.71. The van der Waals surface area contributed by atoms with Gasteiger partial charge >= 0.3 is 0 Å². The molecule has 4 aromatic heterocycles. The van der Waals surface area contributed by atoms with Crippen molar-refractivity contribution in [1.29, 1.82) is 0 Å². The number of rotatable bonds is 0. The second-order valence-corrected chi connectivity index (χ2v) is 11.9. The smallest absolute Gasteiger partial charge is 0.193 e. The van der Waals surface area contributed by atoms with E-state index in [4.69, 9.17) is 32.1 Å². The van der Waals surface area contributed by atoms with Gasteiger partial charge in [0.15, 0.2) is 0 Å². The van der Waals surface area contributed by atoms with Crippen molar-refractivity contribution in [3.05, 3.63) is 162 Å². The van der Waals surface area contributed by atoms with Gasteiger partial charge in [-0.3, -0.25) is 0 Å². The Hall–Kier alpha value is -10.6. The summed E-state index contributed by atoms with van der Waals surface area (Å²) in [5.74, 6) is 18.6. The van der Waals surface area contributed by atoms with Gasteiger partial charge in [0.2, 0.25) is 51.4 Å². The molecule has 12 bridgehead atoms. The van der Waals surface area contributed by atoms with E-state index in [0.29, 0.717) is 49.0 Å². The molecule has 9 nitrogen and oxygen atoms in total. The molecule has 0 saturated heterocycles. The number of fused-ring (bicyclic) bond motifs is 12. The first kappa shape index (κ1) is 38.7. The zero-order valence-corrected chi connectivity index (χ0v) is 31.6. The Morgan fingerprint density at radius 2 is 0.557 bits per heavy atom. The van der Waals surface area contributed by atoms with Crippen LogP contribution < -0.4 is 0 Å². The minimum absolute atomic E-state index is 0.0339. The summed E-state index contributed by atoms with van der Waals surface area (Å²) in [4.78, 5) is 38.8. The molecule has 0 saturated carbocycles. The van der Waals surface area contributed by atoms with Gasteiger partial charge in [-0.15, -0.1) is 38.0 Å². The van der Waals surface area contributed by atoms with Crippen molar-refractivity contribution in [1.82, 2.24) is 44.9 Å². The molecule has 0 atom stereocenters. The predicted octanol–water partition coefficient (Wildman–Crippen LogP) is 6.10. The summed E-state index contributed by atoms with van der Waals surface area (Å²) in [5.41, 5.74) is 2.19. The van der Waals surface area contributed by atoms with Crippen LogP contribution in [0.25, 0.3) is 66.2 Å². The van der Waals surface area contributed by atoms with E-state index in [1.54, 1.807) is 61.5 Å². The number of terminal acetylenes is 5. The fourth-order valence-electron chi connectivity index (χ4n) is 5.12. The van der Waals surface area contributed by atoms with Gasteiger partial charge in [-0.25, -0.2) is 0 Å². The van der Waals surface area contributed by atoms with E-state index >= 15 is 0 Å². The van der Waals surface area contributed by atoms with Crippen LogP contribution >= 0.6 is 0 Å². The third kappa shape index (κ3) is 10.2. The van der Waals surface area contributed by atoms with Gasteiger partial charge in [0.05, 0.1) is 0 Å². The Balaban J connectivity index is 1.54. The Bertz CT molecular complexity index is 3370. The average Bonchev–Trinajstić information content (AvgIpc) is 3.29. The first-order valence-electron chi connectivity index (χ1n) is 17.4. The molecule has 0 fully saturated rings. The van der Waals surface area contributed by atoms with Crippen LogP contribution in [0.15, 0.2) is 54.6 Å². The summed E-state index contributed by atoms with van der Waals surface area (Å²) < 4.78 is 0. The van der Waals surface area contributed by atoms with E-state index in [0.717, 1.165) is 0 Å². The average molecular weight is 768 g/mol. The van der Waals surface area contributed by atoms with E-state index in [2.05, 4.69) is 159 Å². The predicted molar refractivity (Wildman–Crippen MR) is 229 cm³/mol. The van der Waals surface area contributed by atoms with E-state index in [9.17, 15) is 0 Å². The van der Waals surface area contributed by atoms with E-state index in [1.165, 1.54) is 0 Å². The lowest BCUT2D eigenvalue weighted by molar-refractivity contribution is 1.13. The molecule has 0 radical (unpaired) electrons. The Kier molecular flexibility index (Phi) is 11.4. The van der Waals surface area contributed by atoms with Crippen molar-refractivity contribution in [2.75, 3.05) is 0 Å². The lowest BCUT2D eigenvalue weighted by Crippen LogP contribution is -1.91. The summed E-state index contributed by atoms with van der Waals surface area (Å²) in [6.45, 7) is 1.72. The molecule has 0 unspecified atom stereocenters. The van der Waals surface area contributed by atoms with Crippen LogP contribution in [-0.4, -0.2) is 44.9 Å². The molecule has 270 valence electrons. The summed E-state index contributed by atoms with van der Waals surface area (Å²) in [7, 11) is 0. The third-order valence-corrected chi connectivity index (χ3v) is 7.61. The van der Waals surface area contributed by atoms with Gasteiger partial charge in [0.1, 0.15) is 0 Å². The molecule has 0 amide bonds. The van der Waals surface area contributed by atoms with E-state index < -0.39 is 0 Å². The summed E-state index contributed by atoms with van der Waals surface area (Å²) in [6.07, 6.45) is 28.6. The molecule has 4 heterocycles. The molecule has 7 aromatic rings. The molecule has 7 rings (SSSR count). The molecular formula is C52H17N9. The van der Waals surface area contributed by atoms with Crippen LogP contribution in [-0.2, 0) is 0 Å². The molecule has 0 N–H and O–H groups in total. The molecule has 9 heteroatoms. The first-order valence-corrected chi connectivity index (χ1v) is 17.4. The van der Waals surface area contributed by atoms with Gasteiger partial charge in [-0.05, 0) is 116 Å². The lowest BCUT2D eigenvalue weighted by Gasteiger charge is -1.91. The summed E-state index contributed by atoms with van der Waals surface area (Å²) in [5, 5.41) is 3.20. The van der Waals surface area contributed by atoms with Crippen molar-refractivity contribution in [2.45, 2.75) is 6.92 Å². The molecule has 0 aliphatic heterocycles. The van der Waals surface area contributed by atoms with Crippen LogP contribution in [0.4, 0.5) is 0 Å². The maximum absolute atomic E-state index is 5.78. The van der Waals surface area contributed by atoms with Crippen LogP contribution in [0.5, 0.6) is 0 Å². The Morgan fingerprint density at radius 3 is 0.770 bits per heavy atom. The van der Waals surface area contributed by atoms with Crippen LogP contribution in [0.1, 0.15) is 41.1 Å². The Morgan fingerprint density at radius 1 is 0.311 bits per heavy atom. The van der Waals surface area contributed by atoms with Crippen LogP contribution in [0, 0.1) is 146 Å². The normalized spacial score (nSPS) is 9.05. The highest BCUT2D eigenvalue weighted by atomic mass is 15.0. The lowest BCUT2D eigenvalue weighted by atomic mass is 10.1. The second kappa shape index (κ2) is 17.9. The SMILES string of the molecule is C#Cc1cc2c#cc3nc(C#C)nc(c#cc4cc(C#C)cc(c#cc5nc(C#C)nc(c#cc6cc(C#CC)cc(c#cc7nc(C#C)nc(c#cc(c1)c2)n7)c6)n5)c4)n3.